The van der Waals surface area contributed by atoms with Crippen LogP contribution in [0, 0.1) is 11.8 Å². The molecular formula is C22H43NO3. The lowest BCUT2D eigenvalue weighted by Crippen LogP contribution is -2.38. The van der Waals surface area contributed by atoms with Crippen molar-refractivity contribution in [1.29, 1.82) is 0 Å². The molecule has 0 aliphatic carbocycles. The molecule has 154 valence electrons. The summed E-state index contributed by atoms with van der Waals surface area (Å²) >= 11 is 0. The van der Waals surface area contributed by atoms with Gasteiger partial charge >= 0.3 is 0 Å². The van der Waals surface area contributed by atoms with Gasteiger partial charge in [-0.2, -0.15) is 0 Å². The average molecular weight is 370 g/mol. The monoisotopic (exact) mass is 369 g/mol. The molecule has 0 aromatic carbocycles. The van der Waals surface area contributed by atoms with Crippen molar-refractivity contribution in [3.8, 4) is 0 Å². The molecule has 0 aromatic heterocycles. The van der Waals surface area contributed by atoms with Crippen LogP contribution >= 0.6 is 0 Å². The zero-order valence-electron chi connectivity index (χ0n) is 17.6. The van der Waals surface area contributed by atoms with Crippen LogP contribution in [0.1, 0.15) is 79.6 Å². The minimum absolute atomic E-state index is 0.172. The lowest BCUT2D eigenvalue weighted by atomic mass is 9.93. The van der Waals surface area contributed by atoms with E-state index in [4.69, 9.17) is 10.8 Å². The number of aliphatic hydroxyl groups is 3. The van der Waals surface area contributed by atoms with Crippen molar-refractivity contribution in [3.63, 3.8) is 0 Å². The van der Waals surface area contributed by atoms with Crippen LogP contribution < -0.4 is 5.73 Å². The summed E-state index contributed by atoms with van der Waals surface area (Å²) in [5, 5.41) is 29.0. The Kier molecular flexibility index (Phi) is 14.0. The highest BCUT2D eigenvalue weighted by Crippen LogP contribution is 2.20. The molecule has 0 saturated heterocycles. The van der Waals surface area contributed by atoms with Gasteiger partial charge in [0.1, 0.15) is 0 Å². The zero-order chi connectivity index (χ0) is 20.1. The predicted octanol–water partition coefficient (Wildman–Crippen LogP) is 3.94. The van der Waals surface area contributed by atoms with Gasteiger partial charge in [0.05, 0.1) is 24.9 Å². The van der Waals surface area contributed by atoms with Gasteiger partial charge in [-0.25, -0.2) is 0 Å². The van der Waals surface area contributed by atoms with Gasteiger partial charge in [0.15, 0.2) is 0 Å². The Bertz CT molecular complexity index is 416. The van der Waals surface area contributed by atoms with Crippen molar-refractivity contribution in [2.75, 3.05) is 6.61 Å². The van der Waals surface area contributed by atoms with E-state index in [2.05, 4.69) is 46.8 Å². The molecule has 0 fully saturated rings. The van der Waals surface area contributed by atoms with Gasteiger partial charge in [0, 0.05) is 0 Å². The van der Waals surface area contributed by atoms with Crippen molar-refractivity contribution < 1.29 is 15.3 Å². The Balaban J connectivity index is 3.99. The van der Waals surface area contributed by atoms with Crippen LogP contribution in [0.4, 0.5) is 0 Å². The van der Waals surface area contributed by atoms with Gasteiger partial charge in [0.2, 0.25) is 0 Å². The van der Waals surface area contributed by atoms with Crippen LogP contribution in [-0.4, -0.2) is 40.2 Å². The molecule has 0 bridgehead atoms. The molecule has 5 atom stereocenters. The van der Waals surface area contributed by atoms with Crippen LogP contribution in [0.15, 0.2) is 23.3 Å². The van der Waals surface area contributed by atoms with E-state index in [1.165, 1.54) is 11.1 Å². The van der Waals surface area contributed by atoms with E-state index in [9.17, 15) is 10.2 Å². The molecule has 26 heavy (non-hydrogen) atoms. The molecular weight excluding hydrogens is 326 g/mol. The highest BCUT2D eigenvalue weighted by atomic mass is 16.3. The van der Waals surface area contributed by atoms with Gasteiger partial charge in [-0.1, -0.05) is 37.1 Å². The van der Waals surface area contributed by atoms with Gasteiger partial charge in [-0.15, -0.1) is 0 Å². The van der Waals surface area contributed by atoms with Gasteiger partial charge in [-0.3, -0.25) is 0 Å². The molecule has 0 saturated carbocycles. The first kappa shape index (κ1) is 25.3. The fourth-order valence-electron chi connectivity index (χ4n) is 3.03. The van der Waals surface area contributed by atoms with E-state index >= 15 is 0 Å². The first-order valence-corrected chi connectivity index (χ1v) is 10.2. The molecule has 0 radical (unpaired) electrons. The number of allylic oxidation sites excluding steroid dienone is 3. The average Bonchev–Trinajstić information content (AvgIpc) is 2.58. The molecule has 5 N–H and O–H groups in total. The minimum atomic E-state index is -0.626. The van der Waals surface area contributed by atoms with E-state index in [1.807, 2.05) is 0 Å². The highest BCUT2D eigenvalue weighted by molar-refractivity contribution is 4.98. The number of nitrogens with two attached hydrogens (primary N) is 1. The first-order chi connectivity index (χ1) is 12.2. The number of rotatable bonds is 14. The Morgan fingerprint density at radius 3 is 2.23 bits per heavy atom. The lowest BCUT2D eigenvalue weighted by molar-refractivity contribution is 0.0876. The molecule has 0 aliphatic rings. The summed E-state index contributed by atoms with van der Waals surface area (Å²) in [6, 6.07) is -0.538. The van der Waals surface area contributed by atoms with Crippen LogP contribution in [0.5, 0.6) is 0 Å². The molecule has 0 unspecified atom stereocenters. The third-order valence-electron chi connectivity index (χ3n) is 5.16. The zero-order valence-corrected chi connectivity index (χ0v) is 17.6. The first-order valence-electron chi connectivity index (χ1n) is 10.2. The van der Waals surface area contributed by atoms with Crippen LogP contribution in [0.2, 0.25) is 0 Å². The Morgan fingerprint density at radius 1 is 1.00 bits per heavy atom. The van der Waals surface area contributed by atoms with Gasteiger partial charge < -0.3 is 21.1 Å². The third-order valence-corrected chi connectivity index (χ3v) is 5.16. The number of hydrogen-bond acceptors (Lipinski definition) is 4. The second-order valence-electron chi connectivity index (χ2n) is 8.34. The van der Waals surface area contributed by atoms with E-state index in [1.54, 1.807) is 0 Å². The van der Waals surface area contributed by atoms with Crippen molar-refractivity contribution in [2.24, 2.45) is 17.6 Å². The highest BCUT2D eigenvalue weighted by Gasteiger charge is 2.16. The molecule has 4 nitrogen and oxygen atoms in total. The maximum absolute atomic E-state index is 10.2. The Morgan fingerprint density at radius 2 is 1.65 bits per heavy atom. The van der Waals surface area contributed by atoms with Gasteiger partial charge in [-0.05, 0) is 77.6 Å². The maximum Gasteiger partial charge on any atom is 0.0716 e. The summed E-state index contributed by atoms with van der Waals surface area (Å²) in [6.45, 7) is 10.4. The molecule has 0 aliphatic heterocycles. The lowest BCUT2D eigenvalue weighted by Gasteiger charge is -2.20. The number of aliphatic hydroxyl groups excluding tert-OH is 3. The van der Waals surface area contributed by atoms with E-state index in [-0.39, 0.29) is 12.7 Å². The summed E-state index contributed by atoms with van der Waals surface area (Å²) in [6.07, 6.45) is 10.2. The smallest absolute Gasteiger partial charge is 0.0716 e. The molecule has 0 spiro atoms. The summed E-state index contributed by atoms with van der Waals surface area (Å²) in [5.74, 6) is 0.715. The van der Waals surface area contributed by atoms with E-state index < -0.39 is 12.1 Å². The third kappa shape index (κ3) is 12.6. The second kappa shape index (κ2) is 14.4. The molecule has 0 amide bonds. The van der Waals surface area contributed by atoms with Crippen LogP contribution in [0.3, 0.4) is 0 Å². The van der Waals surface area contributed by atoms with E-state index in [0.717, 1.165) is 38.5 Å². The molecule has 0 heterocycles. The van der Waals surface area contributed by atoms with Gasteiger partial charge in [0.25, 0.3) is 0 Å². The molecule has 0 aromatic rings. The molecule has 4 heteroatoms. The van der Waals surface area contributed by atoms with Crippen molar-refractivity contribution in [2.45, 2.75) is 97.8 Å². The maximum atomic E-state index is 10.2. The number of hydrogen-bond donors (Lipinski definition) is 4. The summed E-state index contributed by atoms with van der Waals surface area (Å²) in [7, 11) is 0. The van der Waals surface area contributed by atoms with Crippen molar-refractivity contribution in [3.05, 3.63) is 23.3 Å². The van der Waals surface area contributed by atoms with Crippen molar-refractivity contribution in [1.82, 2.24) is 0 Å². The summed E-state index contributed by atoms with van der Waals surface area (Å²) in [5.41, 5.74) is 8.30. The van der Waals surface area contributed by atoms with Crippen LogP contribution in [-0.2, 0) is 0 Å². The summed E-state index contributed by atoms with van der Waals surface area (Å²) < 4.78 is 0. The standard InChI is InChI=1S/C22H43NO3/c1-16(2)12-13-21(25)19(5)11-7-9-17(3)8-6-10-18(4)14-22(26)20(23)15-24/h8,12,18-22,24-26H,6-7,9-11,13-15,23H2,1-5H3/b17-8+/t18-,19+,20-,21-,22-/m1/s1. The fourth-order valence-corrected chi connectivity index (χ4v) is 3.03. The Labute approximate surface area is 161 Å². The van der Waals surface area contributed by atoms with E-state index in [0.29, 0.717) is 18.3 Å². The molecule has 0 rings (SSSR count). The SMILES string of the molecule is CC(C)=CC[C@@H](O)[C@@H](C)CCC/C(C)=C/CC[C@@H](C)C[C@@H](O)[C@H](N)CO. The van der Waals surface area contributed by atoms with Crippen molar-refractivity contribution >= 4 is 0 Å². The fraction of sp³-hybridized carbons (Fsp3) is 0.818. The Hall–Kier alpha value is -0.680. The normalized spacial score (nSPS) is 18.1. The summed E-state index contributed by atoms with van der Waals surface area (Å²) in [4.78, 5) is 0. The largest absolute Gasteiger partial charge is 0.395 e. The van der Waals surface area contributed by atoms with Crippen LogP contribution in [0.25, 0.3) is 0 Å². The quantitative estimate of drug-likeness (QED) is 0.349. The minimum Gasteiger partial charge on any atom is -0.395 e. The predicted molar refractivity (Wildman–Crippen MR) is 111 cm³/mol. The second-order valence-corrected chi connectivity index (χ2v) is 8.34. The topological polar surface area (TPSA) is 86.7 Å².